The van der Waals surface area contributed by atoms with Crippen LogP contribution in [-0.2, 0) is 11.0 Å². The Morgan fingerprint density at radius 3 is 2.43 bits per heavy atom. The first-order chi connectivity index (χ1) is 9.79. The number of aromatic nitrogens is 2. The molecule has 7 heteroatoms. The van der Waals surface area contributed by atoms with Gasteiger partial charge in [-0.2, -0.15) is 18.3 Å². The van der Waals surface area contributed by atoms with E-state index in [0.29, 0.717) is 6.08 Å². The molecular formula is C14H11F3N2O2. The molecule has 1 aromatic carbocycles. The highest BCUT2D eigenvalue weighted by atomic mass is 19.4. The number of aliphatic carboxylic acids is 1. The highest BCUT2D eigenvalue weighted by molar-refractivity contribution is 5.85. The van der Waals surface area contributed by atoms with E-state index in [9.17, 15) is 18.0 Å². The van der Waals surface area contributed by atoms with Gasteiger partial charge in [-0.1, -0.05) is 17.7 Å². The fourth-order valence-electron chi connectivity index (χ4n) is 1.81. The summed E-state index contributed by atoms with van der Waals surface area (Å²) in [7, 11) is 0. The van der Waals surface area contributed by atoms with Crippen LogP contribution in [0.4, 0.5) is 13.2 Å². The minimum atomic E-state index is -4.65. The van der Waals surface area contributed by atoms with Gasteiger partial charge in [0.05, 0.1) is 11.9 Å². The number of rotatable bonds is 3. The van der Waals surface area contributed by atoms with Gasteiger partial charge in [0.1, 0.15) is 0 Å². The molecule has 0 fully saturated rings. The summed E-state index contributed by atoms with van der Waals surface area (Å²) in [4.78, 5) is 10.5. The number of hydrogen-bond acceptors (Lipinski definition) is 2. The highest BCUT2D eigenvalue weighted by Gasteiger charge is 2.38. The molecule has 0 aliphatic heterocycles. The number of carbonyl (C=O) groups is 1. The molecule has 21 heavy (non-hydrogen) atoms. The van der Waals surface area contributed by atoms with Crippen LogP contribution in [0.1, 0.15) is 16.8 Å². The Labute approximate surface area is 118 Å². The molecule has 2 rings (SSSR count). The van der Waals surface area contributed by atoms with Crippen LogP contribution < -0.4 is 0 Å². The van der Waals surface area contributed by atoms with E-state index in [1.807, 2.05) is 6.92 Å². The molecule has 0 saturated heterocycles. The molecule has 0 aliphatic carbocycles. The van der Waals surface area contributed by atoms with Crippen molar-refractivity contribution in [2.24, 2.45) is 0 Å². The van der Waals surface area contributed by atoms with Crippen LogP contribution in [0.5, 0.6) is 0 Å². The maximum absolute atomic E-state index is 13.2. The van der Waals surface area contributed by atoms with Gasteiger partial charge in [-0.3, -0.25) is 0 Å². The van der Waals surface area contributed by atoms with Crippen LogP contribution in [0, 0.1) is 6.92 Å². The molecule has 2 aromatic rings. The Kier molecular flexibility index (Phi) is 3.84. The van der Waals surface area contributed by atoms with Crippen molar-refractivity contribution in [2.75, 3.05) is 0 Å². The Balaban J connectivity index is 2.57. The van der Waals surface area contributed by atoms with E-state index in [-0.39, 0.29) is 11.3 Å². The van der Waals surface area contributed by atoms with Crippen LogP contribution in [-0.4, -0.2) is 20.9 Å². The lowest BCUT2D eigenvalue weighted by atomic mass is 10.2. The second kappa shape index (κ2) is 5.43. The zero-order chi connectivity index (χ0) is 15.6. The lowest BCUT2D eigenvalue weighted by Gasteiger charge is -2.11. The summed E-state index contributed by atoms with van der Waals surface area (Å²) in [5.41, 5.74) is -0.150. The van der Waals surface area contributed by atoms with Crippen molar-refractivity contribution in [3.05, 3.63) is 53.4 Å². The summed E-state index contributed by atoms with van der Waals surface area (Å²) >= 11 is 0. The first-order valence-corrected chi connectivity index (χ1v) is 5.92. The van der Waals surface area contributed by atoms with Crippen LogP contribution in [0.2, 0.25) is 0 Å². The number of carboxylic acid groups (broad SMARTS) is 1. The van der Waals surface area contributed by atoms with E-state index >= 15 is 0 Å². The standard InChI is InChI=1S/C14H11F3N2O2/c1-9-2-5-11(6-3-9)19-13(14(15,16)17)10(8-18-19)4-7-12(20)21/h2-8H,1H3,(H,20,21)/b7-4+. The molecule has 110 valence electrons. The van der Waals surface area contributed by atoms with Crippen LogP contribution in [0.25, 0.3) is 11.8 Å². The van der Waals surface area contributed by atoms with Gasteiger partial charge < -0.3 is 5.11 Å². The third kappa shape index (κ3) is 3.31. The van der Waals surface area contributed by atoms with Crippen molar-refractivity contribution in [1.82, 2.24) is 9.78 Å². The molecular weight excluding hydrogens is 285 g/mol. The van der Waals surface area contributed by atoms with Crippen molar-refractivity contribution < 1.29 is 23.1 Å². The smallest absolute Gasteiger partial charge is 0.434 e. The maximum Gasteiger partial charge on any atom is 0.434 e. The van der Waals surface area contributed by atoms with Gasteiger partial charge in [0.15, 0.2) is 5.69 Å². The number of carboxylic acids is 1. The summed E-state index contributed by atoms with van der Waals surface area (Å²) < 4.78 is 40.3. The van der Waals surface area contributed by atoms with Gasteiger partial charge in [-0.05, 0) is 25.1 Å². The molecule has 0 spiro atoms. The number of halogens is 3. The minimum Gasteiger partial charge on any atom is -0.478 e. The van der Waals surface area contributed by atoms with Crippen molar-refractivity contribution in [1.29, 1.82) is 0 Å². The second-order valence-electron chi connectivity index (χ2n) is 4.37. The number of alkyl halides is 3. The van der Waals surface area contributed by atoms with Crippen molar-refractivity contribution >= 4 is 12.0 Å². The zero-order valence-electron chi connectivity index (χ0n) is 10.9. The average molecular weight is 296 g/mol. The fourth-order valence-corrected chi connectivity index (χ4v) is 1.81. The third-order valence-electron chi connectivity index (χ3n) is 2.75. The van der Waals surface area contributed by atoms with E-state index in [1.165, 1.54) is 12.1 Å². The molecule has 0 aliphatic rings. The number of benzene rings is 1. The SMILES string of the molecule is Cc1ccc(-n2ncc(/C=C/C(=O)O)c2C(F)(F)F)cc1. The average Bonchev–Trinajstić information content (AvgIpc) is 2.81. The molecule has 1 aromatic heterocycles. The van der Waals surface area contributed by atoms with Crippen molar-refractivity contribution in [3.8, 4) is 5.69 Å². The largest absolute Gasteiger partial charge is 0.478 e. The van der Waals surface area contributed by atoms with Crippen LogP contribution in [0.3, 0.4) is 0 Å². The predicted molar refractivity (Wildman–Crippen MR) is 70.0 cm³/mol. The van der Waals surface area contributed by atoms with Gasteiger partial charge in [0, 0.05) is 11.6 Å². The summed E-state index contributed by atoms with van der Waals surface area (Å²) in [6.45, 7) is 1.82. The van der Waals surface area contributed by atoms with E-state index in [0.717, 1.165) is 22.5 Å². The number of nitrogens with zero attached hydrogens (tertiary/aromatic N) is 2. The van der Waals surface area contributed by atoms with Crippen molar-refractivity contribution in [3.63, 3.8) is 0 Å². The first kappa shape index (κ1) is 14.8. The predicted octanol–water partition coefficient (Wildman–Crippen LogP) is 3.30. The van der Waals surface area contributed by atoms with Gasteiger partial charge >= 0.3 is 12.1 Å². The normalized spacial score (nSPS) is 12.0. The lowest BCUT2D eigenvalue weighted by molar-refractivity contribution is -0.143. The summed E-state index contributed by atoms with van der Waals surface area (Å²) in [5, 5.41) is 12.2. The molecule has 0 bridgehead atoms. The van der Waals surface area contributed by atoms with E-state index < -0.39 is 17.8 Å². The Morgan fingerprint density at radius 1 is 1.29 bits per heavy atom. The lowest BCUT2D eigenvalue weighted by Crippen LogP contribution is -2.14. The number of aryl methyl sites for hydroxylation is 1. The molecule has 0 atom stereocenters. The van der Waals surface area contributed by atoms with Gasteiger partial charge in [0.25, 0.3) is 0 Å². The summed E-state index contributed by atoms with van der Waals surface area (Å²) in [6.07, 6.45) is -2.14. The Bertz CT molecular complexity index is 685. The molecule has 1 heterocycles. The van der Waals surface area contributed by atoms with E-state index in [1.54, 1.807) is 12.1 Å². The quantitative estimate of drug-likeness (QED) is 0.884. The topological polar surface area (TPSA) is 55.1 Å². The second-order valence-corrected chi connectivity index (χ2v) is 4.37. The Morgan fingerprint density at radius 2 is 1.90 bits per heavy atom. The van der Waals surface area contributed by atoms with Gasteiger partial charge in [-0.25, -0.2) is 9.48 Å². The van der Waals surface area contributed by atoms with Gasteiger partial charge in [0.2, 0.25) is 0 Å². The molecule has 1 N–H and O–H groups in total. The summed E-state index contributed by atoms with van der Waals surface area (Å²) in [5.74, 6) is -1.33. The third-order valence-corrected chi connectivity index (χ3v) is 2.75. The molecule has 0 radical (unpaired) electrons. The molecule has 0 saturated carbocycles. The zero-order valence-corrected chi connectivity index (χ0v) is 10.9. The minimum absolute atomic E-state index is 0.253. The van der Waals surface area contributed by atoms with Crippen LogP contribution >= 0.6 is 0 Å². The number of hydrogen-bond donors (Lipinski definition) is 1. The van der Waals surface area contributed by atoms with E-state index in [2.05, 4.69) is 5.10 Å². The highest BCUT2D eigenvalue weighted by Crippen LogP contribution is 2.34. The van der Waals surface area contributed by atoms with Crippen LogP contribution in [0.15, 0.2) is 36.5 Å². The monoisotopic (exact) mass is 296 g/mol. The first-order valence-electron chi connectivity index (χ1n) is 5.92. The van der Waals surface area contributed by atoms with Gasteiger partial charge in [-0.15, -0.1) is 0 Å². The fraction of sp³-hybridized carbons (Fsp3) is 0.143. The van der Waals surface area contributed by atoms with E-state index in [4.69, 9.17) is 5.11 Å². The molecule has 0 amide bonds. The molecule has 4 nitrogen and oxygen atoms in total. The maximum atomic E-state index is 13.2. The molecule has 0 unspecified atom stereocenters. The summed E-state index contributed by atoms with van der Waals surface area (Å²) in [6, 6.07) is 6.37. The van der Waals surface area contributed by atoms with Crippen molar-refractivity contribution in [2.45, 2.75) is 13.1 Å². The Hall–Kier alpha value is -2.57.